The Hall–Kier alpha value is -1.31. The van der Waals surface area contributed by atoms with Crippen LogP contribution in [0.4, 0.5) is 0 Å². The lowest BCUT2D eigenvalue weighted by molar-refractivity contribution is -0.124. The molecule has 1 aromatic rings. The highest BCUT2D eigenvalue weighted by molar-refractivity contribution is 5.76. The van der Waals surface area contributed by atoms with Crippen LogP contribution >= 0.6 is 0 Å². The average Bonchev–Trinajstić information content (AvgIpc) is 2.45. The lowest BCUT2D eigenvalue weighted by Gasteiger charge is -2.28. The summed E-state index contributed by atoms with van der Waals surface area (Å²) < 4.78 is 0. The van der Waals surface area contributed by atoms with Crippen molar-refractivity contribution in [3.05, 3.63) is 35.9 Å². The summed E-state index contributed by atoms with van der Waals surface area (Å²) in [7, 11) is 0. The molecule has 0 saturated heterocycles. The molecule has 1 atom stereocenters. The minimum Gasteiger partial charge on any atom is -0.369 e. The number of rotatable bonds is 6. The molecule has 2 rings (SSSR count). The summed E-state index contributed by atoms with van der Waals surface area (Å²) in [6.45, 7) is 0. The van der Waals surface area contributed by atoms with Crippen LogP contribution in [0.15, 0.2) is 30.3 Å². The lowest BCUT2D eigenvalue weighted by atomic mass is 9.77. The van der Waals surface area contributed by atoms with Crippen molar-refractivity contribution < 1.29 is 4.79 Å². The van der Waals surface area contributed by atoms with Gasteiger partial charge in [0.05, 0.1) is 0 Å². The van der Waals surface area contributed by atoms with Crippen molar-refractivity contribution in [2.45, 2.75) is 51.4 Å². The average molecular weight is 259 g/mol. The molecule has 2 N–H and O–H groups in total. The molecule has 1 aliphatic rings. The van der Waals surface area contributed by atoms with Gasteiger partial charge in [0.2, 0.25) is 5.91 Å². The Morgan fingerprint density at radius 3 is 2.47 bits per heavy atom. The summed E-state index contributed by atoms with van der Waals surface area (Å²) in [6, 6.07) is 10.5. The number of benzene rings is 1. The molecule has 2 nitrogen and oxygen atoms in total. The zero-order valence-corrected chi connectivity index (χ0v) is 11.7. The van der Waals surface area contributed by atoms with Crippen molar-refractivity contribution in [1.82, 2.24) is 0 Å². The SMILES string of the molecule is NC(=O)C(CCCc1ccccc1)C1CCCCC1. The molecule has 1 saturated carbocycles. The fraction of sp³-hybridized carbons (Fsp3) is 0.588. The number of primary amides is 1. The van der Waals surface area contributed by atoms with Crippen LogP contribution in [0, 0.1) is 11.8 Å². The van der Waals surface area contributed by atoms with Crippen molar-refractivity contribution >= 4 is 5.91 Å². The van der Waals surface area contributed by atoms with Gasteiger partial charge >= 0.3 is 0 Å². The van der Waals surface area contributed by atoms with Crippen LogP contribution in [-0.4, -0.2) is 5.91 Å². The molecule has 1 fully saturated rings. The molecule has 0 aromatic heterocycles. The summed E-state index contributed by atoms with van der Waals surface area (Å²) >= 11 is 0. The van der Waals surface area contributed by atoms with Crippen LogP contribution in [0.25, 0.3) is 0 Å². The molecule has 19 heavy (non-hydrogen) atoms. The zero-order valence-electron chi connectivity index (χ0n) is 11.7. The van der Waals surface area contributed by atoms with Crippen LogP contribution in [0.5, 0.6) is 0 Å². The van der Waals surface area contributed by atoms with Gasteiger partial charge in [-0.2, -0.15) is 0 Å². The maximum absolute atomic E-state index is 11.7. The van der Waals surface area contributed by atoms with Gasteiger partial charge in [-0.1, -0.05) is 49.6 Å². The quantitative estimate of drug-likeness (QED) is 0.831. The summed E-state index contributed by atoms with van der Waals surface area (Å²) in [6.07, 6.45) is 9.32. The number of hydrogen-bond acceptors (Lipinski definition) is 1. The highest BCUT2D eigenvalue weighted by atomic mass is 16.1. The first-order chi connectivity index (χ1) is 9.27. The van der Waals surface area contributed by atoms with Gasteiger partial charge in [0, 0.05) is 5.92 Å². The van der Waals surface area contributed by atoms with E-state index in [1.165, 1.54) is 37.7 Å². The van der Waals surface area contributed by atoms with E-state index in [-0.39, 0.29) is 11.8 Å². The number of carbonyl (C=O) groups excluding carboxylic acids is 1. The van der Waals surface area contributed by atoms with E-state index in [1.807, 2.05) is 6.07 Å². The molecule has 0 bridgehead atoms. The minimum absolute atomic E-state index is 0.0834. The first-order valence-electron chi connectivity index (χ1n) is 7.60. The Bertz CT molecular complexity index is 382. The van der Waals surface area contributed by atoms with E-state index < -0.39 is 0 Å². The Morgan fingerprint density at radius 1 is 1.16 bits per heavy atom. The summed E-state index contributed by atoms with van der Waals surface area (Å²) in [5, 5.41) is 0. The summed E-state index contributed by atoms with van der Waals surface area (Å²) in [4.78, 5) is 11.7. The van der Waals surface area contributed by atoms with Crippen LogP contribution in [0.3, 0.4) is 0 Å². The highest BCUT2D eigenvalue weighted by Gasteiger charge is 2.27. The van der Waals surface area contributed by atoms with Crippen LogP contribution in [0.1, 0.15) is 50.5 Å². The van der Waals surface area contributed by atoms with E-state index in [2.05, 4.69) is 24.3 Å². The molecule has 0 heterocycles. The smallest absolute Gasteiger partial charge is 0.220 e. The Kier molecular flexibility index (Phi) is 5.44. The fourth-order valence-electron chi connectivity index (χ4n) is 3.32. The van der Waals surface area contributed by atoms with Crippen LogP contribution in [-0.2, 0) is 11.2 Å². The molecular formula is C17H25NO. The number of nitrogens with two attached hydrogens (primary N) is 1. The molecule has 1 aliphatic carbocycles. The molecule has 2 heteroatoms. The van der Waals surface area contributed by atoms with Crippen LogP contribution in [0.2, 0.25) is 0 Å². The molecule has 0 aliphatic heterocycles. The van der Waals surface area contributed by atoms with E-state index >= 15 is 0 Å². The molecular weight excluding hydrogens is 234 g/mol. The molecule has 104 valence electrons. The zero-order chi connectivity index (χ0) is 13.5. The maximum Gasteiger partial charge on any atom is 0.220 e. The van der Waals surface area contributed by atoms with Crippen LogP contribution < -0.4 is 5.73 Å². The van der Waals surface area contributed by atoms with Gasteiger partial charge in [-0.25, -0.2) is 0 Å². The predicted molar refractivity (Wildman–Crippen MR) is 78.6 cm³/mol. The van der Waals surface area contributed by atoms with Gasteiger partial charge in [0.1, 0.15) is 0 Å². The third-order valence-electron chi connectivity index (χ3n) is 4.41. The van der Waals surface area contributed by atoms with Gasteiger partial charge in [-0.15, -0.1) is 0 Å². The third-order valence-corrected chi connectivity index (χ3v) is 4.41. The number of aryl methyl sites for hydroxylation is 1. The van der Waals surface area contributed by atoms with Gasteiger partial charge in [0.25, 0.3) is 0 Å². The Morgan fingerprint density at radius 2 is 1.84 bits per heavy atom. The Labute approximate surface area is 116 Å². The van der Waals surface area contributed by atoms with Gasteiger partial charge in [0.15, 0.2) is 0 Å². The molecule has 1 unspecified atom stereocenters. The minimum atomic E-state index is -0.0834. The third kappa shape index (κ3) is 4.38. The number of hydrogen-bond donors (Lipinski definition) is 1. The van der Waals surface area contributed by atoms with E-state index in [1.54, 1.807) is 0 Å². The van der Waals surface area contributed by atoms with E-state index in [0.717, 1.165) is 19.3 Å². The monoisotopic (exact) mass is 259 g/mol. The molecule has 0 radical (unpaired) electrons. The molecule has 1 amide bonds. The summed E-state index contributed by atoms with van der Waals surface area (Å²) in [5.74, 6) is 0.561. The fourth-order valence-corrected chi connectivity index (χ4v) is 3.32. The topological polar surface area (TPSA) is 43.1 Å². The summed E-state index contributed by atoms with van der Waals surface area (Å²) in [5.41, 5.74) is 6.96. The van der Waals surface area contributed by atoms with Crippen molar-refractivity contribution in [3.63, 3.8) is 0 Å². The largest absolute Gasteiger partial charge is 0.369 e. The van der Waals surface area contributed by atoms with E-state index in [0.29, 0.717) is 5.92 Å². The standard InChI is InChI=1S/C17H25NO/c18-17(19)16(15-11-5-2-6-12-15)13-7-10-14-8-3-1-4-9-14/h1,3-4,8-9,15-16H,2,5-7,10-13H2,(H2,18,19). The molecule has 1 aromatic carbocycles. The second-order valence-electron chi connectivity index (χ2n) is 5.78. The van der Waals surface area contributed by atoms with Gasteiger partial charge < -0.3 is 5.73 Å². The van der Waals surface area contributed by atoms with Crippen molar-refractivity contribution in [3.8, 4) is 0 Å². The first kappa shape index (κ1) is 14.1. The van der Waals surface area contributed by atoms with Crippen molar-refractivity contribution in [2.24, 2.45) is 17.6 Å². The van der Waals surface area contributed by atoms with Crippen molar-refractivity contribution in [1.29, 1.82) is 0 Å². The normalized spacial score (nSPS) is 18.1. The second-order valence-corrected chi connectivity index (χ2v) is 5.78. The van der Waals surface area contributed by atoms with Gasteiger partial charge in [-0.3, -0.25) is 4.79 Å². The maximum atomic E-state index is 11.7. The number of amides is 1. The highest BCUT2D eigenvalue weighted by Crippen LogP contribution is 2.32. The second kappa shape index (κ2) is 7.32. The predicted octanol–water partition coefficient (Wildman–Crippen LogP) is 3.69. The van der Waals surface area contributed by atoms with E-state index in [9.17, 15) is 4.79 Å². The van der Waals surface area contributed by atoms with E-state index in [4.69, 9.17) is 5.73 Å². The first-order valence-corrected chi connectivity index (χ1v) is 7.60. The number of carbonyl (C=O) groups is 1. The lowest BCUT2D eigenvalue weighted by Crippen LogP contribution is -2.31. The van der Waals surface area contributed by atoms with Gasteiger partial charge in [-0.05, 0) is 43.6 Å². The Balaban J connectivity index is 1.82. The van der Waals surface area contributed by atoms with Crippen molar-refractivity contribution in [2.75, 3.05) is 0 Å². The molecule has 0 spiro atoms.